The molecule has 5 aromatic rings. The first-order chi connectivity index (χ1) is 35.6. The molecule has 0 spiro atoms. The molecule has 2 aromatic carbocycles. The van der Waals surface area contributed by atoms with Crippen LogP contribution < -0.4 is 45.7 Å². The van der Waals surface area contributed by atoms with Crippen LogP contribution in [0.2, 0.25) is 0 Å². The molecule has 1 N–H and O–H groups in total. The second-order valence-electron chi connectivity index (χ2n) is 21.2. The van der Waals surface area contributed by atoms with E-state index in [2.05, 4.69) is 56.7 Å². The summed E-state index contributed by atoms with van der Waals surface area (Å²) in [5, 5.41) is 13.7. The van der Waals surface area contributed by atoms with Crippen molar-refractivity contribution in [3.05, 3.63) is 120 Å². The van der Waals surface area contributed by atoms with Crippen molar-refractivity contribution in [2.24, 2.45) is 11.8 Å². The van der Waals surface area contributed by atoms with Crippen molar-refractivity contribution in [1.29, 1.82) is 0 Å². The Morgan fingerprint density at radius 3 is 1.47 bits per heavy atom. The predicted molar refractivity (Wildman–Crippen MR) is 274 cm³/mol. The number of hydrogen-bond donors (Lipinski definition) is 1. The Morgan fingerprint density at radius 2 is 1.07 bits per heavy atom. The van der Waals surface area contributed by atoms with Gasteiger partial charge in [0.25, 0.3) is 0 Å². The fourth-order valence-electron chi connectivity index (χ4n) is 9.75. The van der Waals surface area contributed by atoms with Crippen molar-refractivity contribution in [2.75, 3.05) is 32.2 Å². The Morgan fingerprint density at radius 1 is 0.618 bits per heavy atom. The van der Waals surface area contributed by atoms with E-state index in [1.807, 2.05) is 67.4 Å². The van der Waals surface area contributed by atoms with Crippen molar-refractivity contribution in [2.45, 2.75) is 154 Å². The topological polar surface area (TPSA) is 106 Å². The van der Waals surface area contributed by atoms with E-state index < -0.39 is 23.5 Å². The first-order valence-electron chi connectivity index (χ1n) is 26.1. The molecule has 0 amide bonds. The van der Waals surface area contributed by atoms with Gasteiger partial charge < -0.3 is 46.3 Å². The number of hydrogen-bond acceptors (Lipinski definition) is 11. The number of halogens is 7. The molecule has 2 unspecified atom stereocenters. The molecule has 3 aromatic heterocycles. The average Bonchev–Trinajstić information content (AvgIpc) is 3.35. The van der Waals surface area contributed by atoms with Crippen molar-refractivity contribution >= 4 is 5.69 Å². The number of anilines is 1. The molecule has 4 saturated heterocycles. The highest BCUT2D eigenvalue weighted by Crippen LogP contribution is 2.40. The minimum absolute atomic E-state index is 0. The van der Waals surface area contributed by atoms with Crippen LogP contribution in [0.15, 0.2) is 97.6 Å². The van der Waals surface area contributed by atoms with Crippen LogP contribution >= 0.6 is 0 Å². The van der Waals surface area contributed by atoms with Crippen molar-refractivity contribution in [1.82, 2.24) is 20.1 Å². The second-order valence-corrected chi connectivity index (χ2v) is 21.2. The number of hydroxylamine groups is 4. The number of rotatable bonds is 14. The van der Waals surface area contributed by atoms with E-state index in [9.17, 15) is 31.5 Å². The molecule has 0 aliphatic carbocycles. The minimum atomic E-state index is -4.41. The number of fused-ring (bicyclic) bond motifs is 4. The monoisotopic (exact) mass is 1090 g/mol. The highest BCUT2D eigenvalue weighted by molar-refractivity contribution is 5.44. The third-order valence-corrected chi connectivity index (χ3v) is 13.6. The summed E-state index contributed by atoms with van der Waals surface area (Å²) in [6, 6.07) is 21.3. The predicted octanol–water partition coefficient (Wildman–Crippen LogP) is 9.83. The van der Waals surface area contributed by atoms with Crippen molar-refractivity contribution in [3.8, 4) is 34.7 Å². The van der Waals surface area contributed by atoms with Crippen LogP contribution in [-0.2, 0) is 12.4 Å². The molecule has 6 atom stereocenters. The zero-order valence-electron chi connectivity index (χ0n) is 44.7. The maximum absolute atomic E-state index is 12.8. The minimum Gasteiger partial charge on any atom is -1.00 e. The largest absolute Gasteiger partial charge is 1.00 e. The number of aryl methyl sites for hydroxylation is 2. The molecular formula is C57H73ClF6N6O6. The van der Waals surface area contributed by atoms with Crippen LogP contribution in [-0.4, -0.2) is 89.0 Å². The first-order valence-corrected chi connectivity index (χ1v) is 26.1. The van der Waals surface area contributed by atoms with Gasteiger partial charge in [0.15, 0.2) is 29.2 Å². The molecule has 4 aliphatic heterocycles. The Hall–Kier alpha value is -5.56. The molecule has 12 nitrogen and oxygen atoms in total. The molecule has 7 heterocycles. The molecule has 9 rings (SSSR count). The maximum atomic E-state index is 12.8. The number of aromatic nitrogens is 3. The van der Waals surface area contributed by atoms with Gasteiger partial charge in [-0.3, -0.25) is 0 Å². The number of nitrogens with zero attached hydrogens (tertiary/aromatic N) is 6. The van der Waals surface area contributed by atoms with Crippen molar-refractivity contribution in [3.63, 3.8) is 0 Å². The summed E-state index contributed by atoms with van der Waals surface area (Å²) in [7, 11) is 3.83. The van der Waals surface area contributed by atoms with Gasteiger partial charge in [0.2, 0.25) is 5.88 Å². The van der Waals surface area contributed by atoms with Gasteiger partial charge >= 0.3 is 18.2 Å². The molecule has 0 saturated carbocycles. The van der Waals surface area contributed by atoms with E-state index in [1.165, 1.54) is 24.1 Å². The van der Waals surface area contributed by atoms with Gasteiger partial charge in [0.1, 0.15) is 12.2 Å². The summed E-state index contributed by atoms with van der Waals surface area (Å²) in [5.41, 5.74) is 1.77. The van der Waals surface area contributed by atoms with Crippen LogP contribution in [0.5, 0.6) is 28.9 Å². The molecule has 4 fully saturated rings. The summed E-state index contributed by atoms with van der Waals surface area (Å²) in [6.45, 7) is 13.9. The van der Waals surface area contributed by atoms with E-state index >= 15 is 0 Å². The number of piperidine rings is 4. The zero-order chi connectivity index (χ0) is 54.0. The van der Waals surface area contributed by atoms with Crippen LogP contribution in [0.4, 0.5) is 32.0 Å². The Kier molecular flexibility index (Phi) is 20.9. The molecular weight excluding hydrogens is 1010 g/mol. The molecule has 19 heteroatoms. The Balaban J connectivity index is 0.000000192. The fourth-order valence-corrected chi connectivity index (χ4v) is 9.75. The van der Waals surface area contributed by atoms with E-state index in [0.29, 0.717) is 30.9 Å². The zero-order valence-corrected chi connectivity index (χ0v) is 45.4. The standard InChI is InChI=1S/C25H31F3N2O3.C19H29NO3.C13H13F3N3.ClH/c1-16(2)15-31-23-11-17(3)7-9-22(23)32-21-12-19-5-4-6-20(13-21)30(19)33-24-10-8-18(14-29-24)25(26,27)28;1-13(2)12-22-19-9-14(3)7-8-18(19)23-17-10-15-5-4-6-16(11-17)20(15)21;1-18(2)11-5-7-19(8-6-11)12-4-3-10(9-17-12)13(14,15)16;/h7-11,14,16,19-21H,4-6,12-13,15H2,1-3H3;7-9,13,15-17,21H,4-6,10-12H2,1-3H3;3-9H,1-2H3;1H/q;;+1;/p-1/t19-,20+,21?;15-,16+,17?;;. The van der Waals surface area contributed by atoms with Crippen LogP contribution in [0.1, 0.15) is 114 Å². The third kappa shape index (κ3) is 16.7. The number of alkyl halides is 6. The van der Waals surface area contributed by atoms with Crippen LogP contribution in [0.3, 0.4) is 0 Å². The lowest BCUT2D eigenvalue weighted by atomic mass is 9.84. The van der Waals surface area contributed by atoms with Crippen molar-refractivity contribution < 1.29 is 72.3 Å². The Bertz CT molecular complexity index is 2550. The number of benzene rings is 2. The van der Waals surface area contributed by atoms with E-state index in [4.69, 9.17) is 23.8 Å². The Labute approximate surface area is 449 Å². The van der Waals surface area contributed by atoms with Gasteiger partial charge in [-0.25, -0.2) is 9.55 Å². The highest BCUT2D eigenvalue weighted by Gasteiger charge is 2.42. The number of pyridine rings is 3. The molecule has 416 valence electrons. The quantitative estimate of drug-likeness (QED) is 0.0849. The van der Waals surface area contributed by atoms with E-state index in [1.54, 1.807) is 22.0 Å². The summed E-state index contributed by atoms with van der Waals surface area (Å²) in [6.07, 6.45) is 6.24. The van der Waals surface area contributed by atoms with Gasteiger partial charge in [-0.1, -0.05) is 52.7 Å². The van der Waals surface area contributed by atoms with Gasteiger partial charge in [0, 0.05) is 100 Å². The number of ether oxygens (including phenoxy) is 4. The first kappa shape index (κ1) is 59.7. The summed E-state index contributed by atoms with van der Waals surface area (Å²) >= 11 is 0. The molecule has 76 heavy (non-hydrogen) atoms. The smallest absolute Gasteiger partial charge is 0.420 e. The highest BCUT2D eigenvalue weighted by atomic mass is 35.5. The maximum Gasteiger partial charge on any atom is 0.420 e. The summed E-state index contributed by atoms with van der Waals surface area (Å²) < 4.78 is 102. The van der Waals surface area contributed by atoms with Gasteiger partial charge in [-0.15, -0.1) is 5.06 Å². The summed E-state index contributed by atoms with van der Waals surface area (Å²) in [4.78, 5) is 15.6. The van der Waals surface area contributed by atoms with Crippen LogP contribution in [0, 0.1) is 25.7 Å². The lowest BCUT2D eigenvalue weighted by Crippen LogP contribution is -3.00. The van der Waals surface area contributed by atoms with E-state index in [0.717, 1.165) is 117 Å². The second kappa shape index (κ2) is 26.7. The molecule has 4 aliphatic rings. The average molecular weight is 1090 g/mol. The SMILES string of the molecule is CN(C)c1cc[n+](-c2ccc(C(F)(F)F)cn2)cc1.Cc1ccc(OC2C[C@H]3CCC[C@@H](C2)N3O)c(OCC(C)C)c1.Cc1ccc(OC2C[C@H]3CCC[C@@H](C2)N3Oc2ccc(C(F)(F)F)cn2)c(OCC(C)C)c1.[Cl-]. The molecule has 0 radical (unpaired) electrons. The normalized spacial score (nSPS) is 21.5. The van der Waals surface area contributed by atoms with Gasteiger partial charge in [-0.2, -0.15) is 31.4 Å². The van der Waals surface area contributed by atoms with Gasteiger partial charge in [0.05, 0.1) is 36.7 Å². The fraction of sp³-hybridized carbons (Fsp3) is 0.526. The molecule has 4 bridgehead atoms. The van der Waals surface area contributed by atoms with Gasteiger partial charge in [-0.05, 0) is 104 Å². The van der Waals surface area contributed by atoms with E-state index in [-0.39, 0.29) is 54.7 Å². The lowest BCUT2D eigenvalue weighted by molar-refractivity contribution is -0.599. The lowest BCUT2D eigenvalue weighted by Gasteiger charge is -2.46. The summed E-state index contributed by atoms with van der Waals surface area (Å²) in [5.74, 6) is 4.73. The third-order valence-electron chi connectivity index (χ3n) is 13.6. The van der Waals surface area contributed by atoms with Crippen LogP contribution in [0.25, 0.3) is 5.82 Å².